The van der Waals surface area contributed by atoms with Crippen LogP contribution in [0.3, 0.4) is 0 Å². The number of amides is 1. The summed E-state index contributed by atoms with van der Waals surface area (Å²) in [6.45, 7) is 2.54. The molecule has 1 rings (SSSR count). The normalized spacial score (nSPS) is 11.8. The van der Waals surface area contributed by atoms with Crippen LogP contribution in [0, 0.1) is 0 Å². The predicted molar refractivity (Wildman–Crippen MR) is 85.1 cm³/mol. The lowest BCUT2D eigenvalue weighted by Gasteiger charge is -2.14. The molecule has 1 amide bonds. The van der Waals surface area contributed by atoms with Gasteiger partial charge in [-0.3, -0.25) is 4.79 Å². The molecule has 0 spiro atoms. The lowest BCUT2D eigenvalue weighted by atomic mass is 10.3. The Bertz CT molecular complexity index is 411. The topological polar surface area (TPSA) is 67.8 Å². The molecule has 1 unspecified atom stereocenters. The highest BCUT2D eigenvalue weighted by Gasteiger charge is 2.13. The van der Waals surface area contributed by atoms with Crippen LogP contribution in [0.5, 0.6) is 11.5 Å². The standard InChI is InChI=1S/C15H23NO4S/c1-12(15(18)16-8-11-21-10-3-9-17)20-14-6-4-13(19-2)5-7-14/h4-7,12,17H,3,8-11H2,1-2H3,(H,16,18). The number of hydrogen-bond acceptors (Lipinski definition) is 5. The SMILES string of the molecule is COc1ccc(OC(C)C(=O)NCCSCCCO)cc1. The number of ether oxygens (including phenoxy) is 2. The molecule has 1 aromatic carbocycles. The molecular formula is C15H23NO4S. The molecule has 21 heavy (non-hydrogen) atoms. The van der Waals surface area contributed by atoms with Gasteiger partial charge in [-0.05, 0) is 43.4 Å². The third-order valence-corrected chi connectivity index (χ3v) is 3.80. The van der Waals surface area contributed by atoms with Gasteiger partial charge in [0.15, 0.2) is 6.10 Å². The highest BCUT2D eigenvalue weighted by molar-refractivity contribution is 7.99. The van der Waals surface area contributed by atoms with Gasteiger partial charge in [-0.15, -0.1) is 0 Å². The van der Waals surface area contributed by atoms with Gasteiger partial charge in [-0.1, -0.05) is 0 Å². The van der Waals surface area contributed by atoms with E-state index in [4.69, 9.17) is 14.6 Å². The zero-order valence-corrected chi connectivity index (χ0v) is 13.3. The summed E-state index contributed by atoms with van der Waals surface area (Å²) in [5.74, 6) is 2.99. The molecule has 0 saturated heterocycles. The third kappa shape index (κ3) is 7.24. The van der Waals surface area contributed by atoms with Gasteiger partial charge in [-0.25, -0.2) is 0 Å². The monoisotopic (exact) mass is 313 g/mol. The summed E-state index contributed by atoms with van der Waals surface area (Å²) in [4.78, 5) is 11.8. The lowest BCUT2D eigenvalue weighted by molar-refractivity contribution is -0.127. The van der Waals surface area contributed by atoms with E-state index in [1.807, 2.05) is 0 Å². The van der Waals surface area contributed by atoms with Crippen LogP contribution in [-0.2, 0) is 4.79 Å². The van der Waals surface area contributed by atoms with E-state index in [0.717, 1.165) is 23.7 Å². The third-order valence-electron chi connectivity index (χ3n) is 2.73. The molecule has 1 atom stereocenters. The maximum Gasteiger partial charge on any atom is 0.260 e. The van der Waals surface area contributed by atoms with Crippen molar-refractivity contribution in [3.8, 4) is 11.5 Å². The van der Waals surface area contributed by atoms with E-state index in [1.54, 1.807) is 50.1 Å². The molecular weight excluding hydrogens is 290 g/mol. The molecule has 5 nitrogen and oxygen atoms in total. The van der Waals surface area contributed by atoms with Crippen molar-refractivity contribution < 1.29 is 19.4 Å². The largest absolute Gasteiger partial charge is 0.497 e. The molecule has 0 aliphatic carbocycles. The minimum atomic E-state index is -0.541. The summed E-state index contributed by atoms with van der Waals surface area (Å²) >= 11 is 1.71. The summed E-state index contributed by atoms with van der Waals surface area (Å²) in [6.07, 6.45) is 0.246. The Morgan fingerprint density at radius 3 is 2.57 bits per heavy atom. The Hall–Kier alpha value is -1.40. The van der Waals surface area contributed by atoms with Crippen LogP contribution < -0.4 is 14.8 Å². The smallest absolute Gasteiger partial charge is 0.260 e. The second kappa shape index (κ2) is 10.3. The van der Waals surface area contributed by atoms with E-state index in [-0.39, 0.29) is 12.5 Å². The van der Waals surface area contributed by atoms with Gasteiger partial charge in [0.05, 0.1) is 7.11 Å². The number of carbonyl (C=O) groups is 1. The van der Waals surface area contributed by atoms with Gasteiger partial charge in [0.25, 0.3) is 5.91 Å². The van der Waals surface area contributed by atoms with Crippen molar-refractivity contribution in [1.29, 1.82) is 0 Å². The van der Waals surface area contributed by atoms with Crippen LogP contribution in [-0.4, -0.2) is 48.9 Å². The molecule has 6 heteroatoms. The van der Waals surface area contributed by atoms with Gasteiger partial charge in [-0.2, -0.15) is 11.8 Å². The quantitative estimate of drug-likeness (QED) is 0.644. The lowest BCUT2D eigenvalue weighted by Crippen LogP contribution is -2.37. The zero-order chi connectivity index (χ0) is 15.5. The molecule has 0 bridgehead atoms. The number of benzene rings is 1. The van der Waals surface area contributed by atoms with E-state index in [2.05, 4.69) is 5.32 Å². The Balaban J connectivity index is 2.23. The van der Waals surface area contributed by atoms with Crippen LogP contribution in [0.1, 0.15) is 13.3 Å². The average Bonchev–Trinajstić information content (AvgIpc) is 2.51. The second-order valence-corrected chi connectivity index (χ2v) is 5.64. The molecule has 0 heterocycles. The Kier molecular flexibility index (Phi) is 8.69. The summed E-state index contributed by atoms with van der Waals surface area (Å²) < 4.78 is 10.6. The number of methoxy groups -OCH3 is 1. The average molecular weight is 313 g/mol. The number of carbonyl (C=O) groups excluding carboxylic acids is 1. The van der Waals surface area contributed by atoms with Crippen molar-refractivity contribution in [2.24, 2.45) is 0 Å². The molecule has 0 radical (unpaired) electrons. The van der Waals surface area contributed by atoms with Crippen molar-refractivity contribution in [2.45, 2.75) is 19.4 Å². The van der Waals surface area contributed by atoms with E-state index >= 15 is 0 Å². The van der Waals surface area contributed by atoms with Gasteiger partial charge in [0.1, 0.15) is 11.5 Å². The minimum Gasteiger partial charge on any atom is -0.497 e. The first-order chi connectivity index (χ1) is 10.2. The number of nitrogens with one attached hydrogen (secondary N) is 1. The first-order valence-electron chi connectivity index (χ1n) is 6.94. The summed E-state index contributed by atoms with van der Waals surface area (Å²) in [5.41, 5.74) is 0. The molecule has 0 aromatic heterocycles. The molecule has 118 valence electrons. The zero-order valence-electron chi connectivity index (χ0n) is 12.5. The van der Waals surface area contributed by atoms with E-state index in [9.17, 15) is 4.79 Å². The van der Waals surface area contributed by atoms with Crippen LogP contribution in [0.25, 0.3) is 0 Å². The van der Waals surface area contributed by atoms with Crippen molar-refractivity contribution in [2.75, 3.05) is 31.8 Å². The Labute approximate surface area is 130 Å². The number of hydrogen-bond donors (Lipinski definition) is 2. The van der Waals surface area contributed by atoms with E-state index in [0.29, 0.717) is 12.3 Å². The van der Waals surface area contributed by atoms with Crippen LogP contribution >= 0.6 is 11.8 Å². The number of aliphatic hydroxyl groups is 1. The Morgan fingerprint density at radius 2 is 1.95 bits per heavy atom. The summed E-state index contributed by atoms with van der Waals surface area (Å²) in [5, 5.41) is 11.5. The van der Waals surface area contributed by atoms with Crippen molar-refractivity contribution >= 4 is 17.7 Å². The van der Waals surface area contributed by atoms with Gasteiger partial charge in [0.2, 0.25) is 0 Å². The molecule has 0 aliphatic rings. The van der Waals surface area contributed by atoms with E-state index in [1.165, 1.54) is 0 Å². The second-order valence-electron chi connectivity index (χ2n) is 4.42. The fourth-order valence-electron chi connectivity index (χ4n) is 1.57. The fourth-order valence-corrected chi connectivity index (χ4v) is 2.35. The van der Waals surface area contributed by atoms with Crippen molar-refractivity contribution in [1.82, 2.24) is 5.32 Å². The molecule has 0 fully saturated rings. The summed E-state index contributed by atoms with van der Waals surface area (Å²) in [7, 11) is 1.60. The molecule has 1 aromatic rings. The molecule has 2 N–H and O–H groups in total. The predicted octanol–water partition coefficient (Wildman–Crippen LogP) is 1.69. The first-order valence-corrected chi connectivity index (χ1v) is 8.10. The van der Waals surface area contributed by atoms with Crippen molar-refractivity contribution in [3.63, 3.8) is 0 Å². The summed E-state index contributed by atoms with van der Waals surface area (Å²) in [6, 6.07) is 7.12. The maximum atomic E-state index is 11.8. The number of aliphatic hydroxyl groups excluding tert-OH is 1. The maximum absolute atomic E-state index is 11.8. The first kappa shape index (κ1) is 17.7. The Morgan fingerprint density at radius 1 is 1.29 bits per heavy atom. The highest BCUT2D eigenvalue weighted by Crippen LogP contribution is 2.18. The number of rotatable bonds is 10. The highest BCUT2D eigenvalue weighted by atomic mass is 32.2. The van der Waals surface area contributed by atoms with Gasteiger partial charge >= 0.3 is 0 Å². The van der Waals surface area contributed by atoms with Gasteiger partial charge in [0, 0.05) is 18.9 Å². The van der Waals surface area contributed by atoms with E-state index < -0.39 is 6.10 Å². The van der Waals surface area contributed by atoms with Crippen molar-refractivity contribution in [3.05, 3.63) is 24.3 Å². The van der Waals surface area contributed by atoms with Crippen LogP contribution in [0.15, 0.2) is 24.3 Å². The number of thioether (sulfide) groups is 1. The van der Waals surface area contributed by atoms with Crippen LogP contribution in [0.4, 0.5) is 0 Å². The molecule has 0 saturated carbocycles. The molecule has 0 aliphatic heterocycles. The van der Waals surface area contributed by atoms with Crippen LogP contribution in [0.2, 0.25) is 0 Å². The minimum absolute atomic E-state index is 0.131. The fraction of sp³-hybridized carbons (Fsp3) is 0.533. The van der Waals surface area contributed by atoms with Gasteiger partial charge < -0.3 is 19.9 Å².